The minimum Gasteiger partial charge on any atom is -0.310 e. The second-order valence-corrected chi connectivity index (χ2v) is 13.2. The number of fused-ring (bicyclic) bond motifs is 6. The largest absolute Gasteiger partial charge is 0.310 e. The van der Waals surface area contributed by atoms with E-state index in [-0.39, 0.29) is 10.8 Å². The van der Waals surface area contributed by atoms with Gasteiger partial charge in [0.15, 0.2) is 0 Å². The lowest BCUT2D eigenvalue weighted by Gasteiger charge is -2.29. The summed E-state index contributed by atoms with van der Waals surface area (Å²) in [6.07, 6.45) is 0. The van der Waals surface area contributed by atoms with E-state index in [1.165, 1.54) is 44.5 Å². The smallest absolute Gasteiger partial charge is 0.0468 e. The molecule has 0 bridgehead atoms. The first kappa shape index (κ1) is 23.6. The van der Waals surface area contributed by atoms with E-state index in [4.69, 9.17) is 4.11 Å². The van der Waals surface area contributed by atoms with Gasteiger partial charge in [0.1, 0.15) is 0 Å². The normalized spacial score (nSPS) is 16.1. The Morgan fingerprint density at radius 2 is 0.932 bits per heavy atom. The van der Waals surface area contributed by atoms with Crippen LogP contribution in [0.1, 0.15) is 59.6 Å². The zero-order valence-electron chi connectivity index (χ0n) is 28.6. The van der Waals surface area contributed by atoms with Crippen LogP contribution in [0.15, 0.2) is 133 Å². The fraction of sp³-hybridized carbons (Fsp3) is 0.163. The number of anilines is 3. The van der Waals surface area contributed by atoms with E-state index in [9.17, 15) is 0 Å². The van der Waals surface area contributed by atoms with Crippen LogP contribution in [0.5, 0.6) is 0 Å². The van der Waals surface area contributed by atoms with Gasteiger partial charge in [-0.25, -0.2) is 0 Å². The second kappa shape index (κ2) is 9.56. The Morgan fingerprint density at radius 3 is 1.64 bits per heavy atom. The molecule has 0 radical (unpaired) electrons. The van der Waals surface area contributed by atoms with Crippen LogP contribution in [-0.4, -0.2) is 0 Å². The van der Waals surface area contributed by atoms with Gasteiger partial charge in [0.05, 0.1) is 0 Å². The standard InChI is InChI=1S/C43H37N/c1-28-12-6-7-13-33(28)29-18-20-30(21-19-29)44(31-23-25-40-37(26-31)35-15-9-11-17-39(35)42(40,2)3)32-22-24-36-34-14-8-10-16-38(34)43(4,5)41(36)27-32/h6-27H,1-5H3/i1D3. The summed E-state index contributed by atoms with van der Waals surface area (Å²) in [5.41, 5.74) is 15.5. The van der Waals surface area contributed by atoms with Crippen molar-refractivity contribution in [2.24, 2.45) is 0 Å². The molecule has 0 amide bonds. The highest BCUT2D eigenvalue weighted by molar-refractivity contribution is 5.89. The summed E-state index contributed by atoms with van der Waals surface area (Å²) in [5, 5.41) is 0. The van der Waals surface area contributed by atoms with Crippen LogP contribution in [0, 0.1) is 6.85 Å². The van der Waals surface area contributed by atoms with Crippen molar-refractivity contribution >= 4 is 17.1 Å². The molecule has 0 saturated heterocycles. The summed E-state index contributed by atoms with van der Waals surface area (Å²) in [5.74, 6) is 0. The number of hydrogen-bond donors (Lipinski definition) is 0. The fourth-order valence-electron chi connectivity index (χ4n) is 7.65. The molecule has 2 aliphatic carbocycles. The molecular weight excluding hydrogens is 530 g/mol. The van der Waals surface area contributed by atoms with E-state index in [0.717, 1.165) is 28.2 Å². The molecule has 0 N–H and O–H groups in total. The Kier molecular flexibility index (Phi) is 5.12. The van der Waals surface area contributed by atoms with Crippen LogP contribution < -0.4 is 4.90 Å². The van der Waals surface area contributed by atoms with Gasteiger partial charge in [0.2, 0.25) is 0 Å². The van der Waals surface area contributed by atoms with Crippen LogP contribution in [0.4, 0.5) is 17.1 Å². The van der Waals surface area contributed by atoms with E-state index < -0.39 is 6.85 Å². The molecule has 0 unspecified atom stereocenters. The minimum absolute atomic E-state index is 0.0730. The van der Waals surface area contributed by atoms with Crippen molar-refractivity contribution in [1.29, 1.82) is 0 Å². The number of rotatable bonds is 4. The predicted molar refractivity (Wildman–Crippen MR) is 186 cm³/mol. The molecule has 1 nitrogen and oxygen atoms in total. The number of nitrogens with zero attached hydrogens (tertiary/aromatic N) is 1. The molecule has 0 aliphatic heterocycles. The summed E-state index contributed by atoms with van der Waals surface area (Å²) in [4.78, 5) is 2.34. The lowest BCUT2D eigenvalue weighted by Crippen LogP contribution is -2.17. The van der Waals surface area contributed by atoms with Crippen molar-refractivity contribution in [2.45, 2.75) is 45.4 Å². The average molecular weight is 571 g/mol. The predicted octanol–water partition coefficient (Wildman–Crippen LogP) is 11.7. The maximum atomic E-state index is 8.10. The fourth-order valence-corrected chi connectivity index (χ4v) is 7.65. The Bertz CT molecular complexity index is 2190. The lowest BCUT2D eigenvalue weighted by molar-refractivity contribution is 0.660. The summed E-state index contributed by atoms with van der Waals surface area (Å²) in [6.45, 7) is 7.07. The number of aryl methyl sites for hydroxylation is 1. The maximum Gasteiger partial charge on any atom is 0.0468 e. The Balaban J connectivity index is 1.30. The molecule has 44 heavy (non-hydrogen) atoms. The first-order chi connectivity index (χ1) is 22.5. The molecule has 0 spiro atoms. The molecule has 0 fully saturated rings. The molecule has 6 aromatic carbocycles. The Labute approximate surface area is 265 Å². The highest BCUT2D eigenvalue weighted by Gasteiger charge is 2.37. The summed E-state index contributed by atoms with van der Waals surface area (Å²) in [7, 11) is 0. The first-order valence-electron chi connectivity index (χ1n) is 17.0. The van der Waals surface area contributed by atoms with Crippen molar-refractivity contribution in [1.82, 2.24) is 0 Å². The molecule has 0 saturated carbocycles. The quantitative estimate of drug-likeness (QED) is 0.204. The zero-order chi connectivity index (χ0) is 32.7. The van der Waals surface area contributed by atoms with E-state index >= 15 is 0 Å². The van der Waals surface area contributed by atoms with Gasteiger partial charge in [0, 0.05) is 32.0 Å². The molecule has 0 atom stereocenters. The third-order valence-corrected chi connectivity index (χ3v) is 10.0. The number of hydrogen-bond acceptors (Lipinski definition) is 1. The van der Waals surface area contributed by atoms with Crippen molar-refractivity contribution in [3.8, 4) is 33.4 Å². The van der Waals surface area contributed by atoms with Crippen LogP contribution in [0.2, 0.25) is 0 Å². The van der Waals surface area contributed by atoms with Crippen LogP contribution in [-0.2, 0) is 10.8 Å². The SMILES string of the molecule is [2H]C([2H])([2H])c1ccccc1-c1ccc(N(c2ccc3c(c2)-c2ccccc2C3(C)C)c2ccc3c(c2)C(C)(C)c2ccccc2-3)cc1. The van der Waals surface area contributed by atoms with Crippen molar-refractivity contribution in [2.75, 3.05) is 4.90 Å². The van der Waals surface area contributed by atoms with E-state index in [2.05, 4.69) is 130 Å². The van der Waals surface area contributed by atoms with Gasteiger partial charge >= 0.3 is 0 Å². The average Bonchev–Trinajstić information content (AvgIpc) is 3.44. The summed E-state index contributed by atoms with van der Waals surface area (Å²) in [6, 6.07) is 46.9. The van der Waals surface area contributed by atoms with Crippen LogP contribution in [0.3, 0.4) is 0 Å². The molecule has 0 heterocycles. The van der Waals surface area contributed by atoms with E-state index in [1.807, 2.05) is 24.3 Å². The topological polar surface area (TPSA) is 3.24 Å². The van der Waals surface area contributed by atoms with Gasteiger partial charge in [0.25, 0.3) is 0 Å². The molecule has 8 rings (SSSR count). The number of benzene rings is 6. The third kappa shape index (κ3) is 3.85. The van der Waals surface area contributed by atoms with Gasteiger partial charge in [-0.2, -0.15) is 0 Å². The molecule has 0 aromatic heterocycles. The van der Waals surface area contributed by atoms with Gasteiger partial charge in [-0.3, -0.25) is 0 Å². The highest BCUT2D eigenvalue weighted by Crippen LogP contribution is 2.53. The molecule has 6 aromatic rings. The first-order valence-corrected chi connectivity index (χ1v) is 15.5. The zero-order valence-corrected chi connectivity index (χ0v) is 25.6. The minimum atomic E-state index is -2.19. The molecule has 1 heteroatoms. The van der Waals surface area contributed by atoms with Gasteiger partial charge in [-0.15, -0.1) is 0 Å². The molecule has 214 valence electrons. The third-order valence-electron chi connectivity index (χ3n) is 10.0. The Morgan fingerprint density at radius 1 is 0.432 bits per heavy atom. The maximum absolute atomic E-state index is 8.10. The summed E-state index contributed by atoms with van der Waals surface area (Å²) >= 11 is 0. The van der Waals surface area contributed by atoms with Crippen molar-refractivity contribution in [3.05, 3.63) is 161 Å². The summed E-state index contributed by atoms with van der Waals surface area (Å²) < 4.78 is 24.3. The molecular formula is C43H37N. The lowest BCUT2D eigenvalue weighted by atomic mass is 9.82. The Hall–Kier alpha value is -4.88. The van der Waals surface area contributed by atoms with Gasteiger partial charge < -0.3 is 4.90 Å². The van der Waals surface area contributed by atoms with Crippen molar-refractivity contribution < 1.29 is 4.11 Å². The second-order valence-electron chi connectivity index (χ2n) is 13.2. The highest BCUT2D eigenvalue weighted by atomic mass is 15.1. The van der Waals surface area contributed by atoms with Crippen LogP contribution >= 0.6 is 0 Å². The van der Waals surface area contributed by atoms with Crippen LogP contribution in [0.25, 0.3) is 33.4 Å². The monoisotopic (exact) mass is 570 g/mol. The van der Waals surface area contributed by atoms with Crippen molar-refractivity contribution in [3.63, 3.8) is 0 Å². The van der Waals surface area contributed by atoms with Gasteiger partial charge in [-0.1, -0.05) is 125 Å². The van der Waals surface area contributed by atoms with E-state index in [1.54, 1.807) is 12.1 Å². The van der Waals surface area contributed by atoms with E-state index in [0.29, 0.717) is 5.56 Å². The molecule has 2 aliphatic rings. The van der Waals surface area contributed by atoms with Gasteiger partial charge in [-0.05, 0) is 104 Å².